The lowest BCUT2D eigenvalue weighted by Crippen LogP contribution is -2.34. The largest absolute Gasteiger partial charge is 0.379 e. The third kappa shape index (κ3) is 2.27. The fraction of sp³-hybridized carbons (Fsp3) is 1.00. The van der Waals surface area contributed by atoms with Gasteiger partial charge in [-0.2, -0.15) is 0 Å². The van der Waals surface area contributed by atoms with Crippen LogP contribution in [0.25, 0.3) is 0 Å². The van der Waals surface area contributed by atoms with Gasteiger partial charge in [0.25, 0.3) is 0 Å². The van der Waals surface area contributed by atoms with Gasteiger partial charge < -0.3 is 10.1 Å². The van der Waals surface area contributed by atoms with Crippen LogP contribution in [0.2, 0.25) is 0 Å². The molecule has 0 aromatic carbocycles. The van der Waals surface area contributed by atoms with Crippen LogP contribution in [0.4, 0.5) is 0 Å². The Morgan fingerprint density at radius 2 is 2.20 bits per heavy atom. The van der Waals surface area contributed by atoms with Crippen molar-refractivity contribution in [1.82, 2.24) is 5.32 Å². The van der Waals surface area contributed by atoms with Crippen LogP contribution in [0.5, 0.6) is 0 Å². The smallest absolute Gasteiger partial charge is 0.0617 e. The van der Waals surface area contributed by atoms with Crippen molar-refractivity contribution in [3.05, 3.63) is 0 Å². The molecular weight excluding hydrogens is 126 g/mol. The molecule has 1 saturated heterocycles. The van der Waals surface area contributed by atoms with Gasteiger partial charge in [-0.3, -0.25) is 0 Å². The summed E-state index contributed by atoms with van der Waals surface area (Å²) in [6.07, 6.45) is 0. The van der Waals surface area contributed by atoms with E-state index in [1.54, 1.807) is 0 Å². The molecule has 0 amide bonds. The maximum Gasteiger partial charge on any atom is 0.0617 e. The third-order valence-corrected chi connectivity index (χ3v) is 1.79. The van der Waals surface area contributed by atoms with Gasteiger partial charge in [-0.1, -0.05) is 13.8 Å². The monoisotopic (exact) mass is 143 g/mol. The van der Waals surface area contributed by atoms with Crippen molar-refractivity contribution in [2.45, 2.75) is 26.8 Å². The fourth-order valence-corrected chi connectivity index (χ4v) is 1.07. The van der Waals surface area contributed by atoms with Crippen LogP contribution in [0, 0.1) is 5.41 Å². The lowest BCUT2D eigenvalue weighted by molar-refractivity contribution is 0.0816. The molecule has 1 unspecified atom stereocenters. The Labute approximate surface area is 63.0 Å². The standard InChI is InChI=1S/C8H17NO/c1-7-4-10-6-8(2,3)5-9-7/h7,9H,4-6H2,1-3H3. The zero-order chi connectivity index (χ0) is 7.61. The average molecular weight is 143 g/mol. The SMILES string of the molecule is CC1COCC(C)(C)CN1. The van der Waals surface area contributed by atoms with Crippen LogP contribution in [-0.2, 0) is 4.74 Å². The van der Waals surface area contributed by atoms with E-state index in [1.165, 1.54) is 0 Å². The summed E-state index contributed by atoms with van der Waals surface area (Å²) >= 11 is 0. The first kappa shape index (κ1) is 8.02. The van der Waals surface area contributed by atoms with E-state index < -0.39 is 0 Å². The minimum absolute atomic E-state index is 0.310. The Hall–Kier alpha value is -0.0800. The summed E-state index contributed by atoms with van der Waals surface area (Å²) < 4.78 is 5.46. The number of rotatable bonds is 0. The Morgan fingerprint density at radius 1 is 1.50 bits per heavy atom. The molecule has 2 nitrogen and oxygen atoms in total. The zero-order valence-corrected chi connectivity index (χ0v) is 7.11. The fourth-order valence-electron chi connectivity index (χ4n) is 1.07. The lowest BCUT2D eigenvalue weighted by Gasteiger charge is -2.20. The molecule has 0 spiro atoms. The van der Waals surface area contributed by atoms with Crippen molar-refractivity contribution in [3.8, 4) is 0 Å². The van der Waals surface area contributed by atoms with E-state index in [2.05, 4.69) is 26.1 Å². The molecule has 2 heteroatoms. The Bertz CT molecular complexity index is 112. The van der Waals surface area contributed by atoms with Crippen LogP contribution in [0.3, 0.4) is 0 Å². The van der Waals surface area contributed by atoms with Gasteiger partial charge in [-0.15, -0.1) is 0 Å². The van der Waals surface area contributed by atoms with Gasteiger partial charge >= 0.3 is 0 Å². The van der Waals surface area contributed by atoms with Gasteiger partial charge in [0, 0.05) is 18.0 Å². The summed E-state index contributed by atoms with van der Waals surface area (Å²) in [5.74, 6) is 0. The molecule has 1 aliphatic heterocycles. The van der Waals surface area contributed by atoms with Crippen LogP contribution in [0.1, 0.15) is 20.8 Å². The molecule has 60 valence electrons. The molecule has 0 aliphatic carbocycles. The average Bonchev–Trinajstić information content (AvgIpc) is 1.94. The highest BCUT2D eigenvalue weighted by Crippen LogP contribution is 2.16. The number of hydrogen-bond donors (Lipinski definition) is 1. The van der Waals surface area contributed by atoms with Gasteiger partial charge in [0.05, 0.1) is 13.2 Å². The molecule has 10 heavy (non-hydrogen) atoms. The van der Waals surface area contributed by atoms with Crippen molar-refractivity contribution >= 4 is 0 Å². The van der Waals surface area contributed by atoms with Gasteiger partial charge in [-0.05, 0) is 6.92 Å². The van der Waals surface area contributed by atoms with E-state index in [0.29, 0.717) is 11.5 Å². The Morgan fingerprint density at radius 3 is 2.90 bits per heavy atom. The van der Waals surface area contributed by atoms with Gasteiger partial charge in [0.1, 0.15) is 0 Å². The second kappa shape index (κ2) is 2.89. The molecule has 1 fully saturated rings. The number of hydrogen-bond acceptors (Lipinski definition) is 2. The van der Waals surface area contributed by atoms with Crippen molar-refractivity contribution in [2.24, 2.45) is 5.41 Å². The molecule has 1 atom stereocenters. The van der Waals surface area contributed by atoms with Crippen molar-refractivity contribution in [2.75, 3.05) is 19.8 Å². The zero-order valence-electron chi connectivity index (χ0n) is 7.11. The number of ether oxygens (including phenoxy) is 1. The number of nitrogens with one attached hydrogen (secondary N) is 1. The van der Waals surface area contributed by atoms with Crippen molar-refractivity contribution in [1.29, 1.82) is 0 Å². The topological polar surface area (TPSA) is 21.3 Å². The van der Waals surface area contributed by atoms with Gasteiger partial charge in [0.15, 0.2) is 0 Å². The van der Waals surface area contributed by atoms with Gasteiger partial charge in [0.2, 0.25) is 0 Å². The summed E-state index contributed by atoms with van der Waals surface area (Å²) in [6.45, 7) is 9.39. The predicted octanol–water partition coefficient (Wildman–Crippen LogP) is 1.02. The van der Waals surface area contributed by atoms with E-state index in [9.17, 15) is 0 Å². The summed E-state index contributed by atoms with van der Waals surface area (Å²) in [5, 5.41) is 3.41. The minimum Gasteiger partial charge on any atom is -0.379 e. The second-order valence-corrected chi connectivity index (χ2v) is 3.96. The van der Waals surface area contributed by atoms with E-state index >= 15 is 0 Å². The van der Waals surface area contributed by atoms with Crippen LogP contribution in [-0.4, -0.2) is 25.8 Å². The summed E-state index contributed by atoms with van der Waals surface area (Å²) in [7, 11) is 0. The summed E-state index contributed by atoms with van der Waals surface area (Å²) in [6, 6.07) is 0.516. The molecule has 1 rings (SSSR count). The van der Waals surface area contributed by atoms with E-state index in [0.717, 1.165) is 19.8 Å². The first-order valence-corrected chi connectivity index (χ1v) is 3.91. The molecule has 0 aromatic rings. The molecular formula is C8H17NO. The third-order valence-electron chi connectivity index (χ3n) is 1.79. The van der Waals surface area contributed by atoms with Crippen LogP contribution < -0.4 is 5.32 Å². The summed E-state index contributed by atoms with van der Waals surface area (Å²) in [4.78, 5) is 0. The molecule has 1 heterocycles. The van der Waals surface area contributed by atoms with Crippen molar-refractivity contribution in [3.63, 3.8) is 0 Å². The highest BCUT2D eigenvalue weighted by atomic mass is 16.5. The quantitative estimate of drug-likeness (QED) is 0.546. The molecule has 1 aliphatic rings. The molecule has 0 radical (unpaired) electrons. The Balaban J connectivity index is 2.41. The maximum absolute atomic E-state index is 5.46. The molecule has 0 aromatic heterocycles. The first-order valence-electron chi connectivity index (χ1n) is 3.91. The second-order valence-electron chi connectivity index (χ2n) is 3.96. The minimum atomic E-state index is 0.310. The highest BCUT2D eigenvalue weighted by molar-refractivity contribution is 4.76. The van der Waals surface area contributed by atoms with E-state index in [4.69, 9.17) is 4.74 Å². The molecule has 1 N–H and O–H groups in total. The van der Waals surface area contributed by atoms with E-state index in [1.807, 2.05) is 0 Å². The van der Waals surface area contributed by atoms with Crippen LogP contribution in [0.15, 0.2) is 0 Å². The van der Waals surface area contributed by atoms with Gasteiger partial charge in [-0.25, -0.2) is 0 Å². The molecule has 0 bridgehead atoms. The van der Waals surface area contributed by atoms with E-state index in [-0.39, 0.29) is 0 Å². The molecule has 0 saturated carbocycles. The van der Waals surface area contributed by atoms with Crippen LogP contribution >= 0.6 is 0 Å². The predicted molar refractivity (Wildman–Crippen MR) is 42.1 cm³/mol. The maximum atomic E-state index is 5.46. The Kier molecular flexibility index (Phi) is 2.32. The normalized spacial score (nSPS) is 33.3. The summed E-state index contributed by atoms with van der Waals surface area (Å²) in [5.41, 5.74) is 0.310. The lowest BCUT2D eigenvalue weighted by atomic mass is 9.95. The first-order chi connectivity index (χ1) is 4.60. The van der Waals surface area contributed by atoms with Crippen molar-refractivity contribution < 1.29 is 4.74 Å². The highest BCUT2D eigenvalue weighted by Gasteiger charge is 2.22.